The number of benzene rings is 3. The summed E-state index contributed by atoms with van der Waals surface area (Å²) < 4.78 is 40.8. The summed E-state index contributed by atoms with van der Waals surface area (Å²) in [6, 6.07) is 22.5. The smallest absolute Gasteiger partial charge is 0.317 e. The topological polar surface area (TPSA) is 131 Å². The molecule has 6 rings (SSSR count). The fourth-order valence-corrected chi connectivity index (χ4v) is 7.48. The lowest BCUT2D eigenvalue weighted by molar-refractivity contribution is -0.160. The van der Waals surface area contributed by atoms with Crippen LogP contribution < -0.4 is 10.0 Å². The molecule has 0 bridgehead atoms. The second-order valence-electron chi connectivity index (χ2n) is 12.1. The molecule has 9 nitrogen and oxygen atoms in total. The van der Waals surface area contributed by atoms with Gasteiger partial charge in [-0.2, -0.15) is 0 Å². The molecule has 3 N–H and O–H groups in total. The van der Waals surface area contributed by atoms with Gasteiger partial charge in [-0.05, 0) is 85.6 Å². The normalized spacial score (nSPS) is 22.0. The number of hydrogen-bond donors (Lipinski definition) is 3. The quantitative estimate of drug-likeness (QED) is 0.222. The van der Waals surface area contributed by atoms with E-state index in [0.29, 0.717) is 17.1 Å². The molecule has 1 saturated heterocycles. The SMILES string of the molecule is O=C(COCc1ccccc1)Nc1cccc(S(=O)(=O)Nc2cccc(C(C3CC3)C3C(=O)OC4=CC=CCCCC4C3O)c2)c1. The van der Waals surface area contributed by atoms with E-state index in [2.05, 4.69) is 10.0 Å². The van der Waals surface area contributed by atoms with Crippen LogP contribution in [-0.2, 0) is 35.7 Å². The van der Waals surface area contributed by atoms with Crippen molar-refractivity contribution in [3.05, 3.63) is 114 Å². The number of nitrogens with one attached hydrogen (secondary N) is 2. The molecule has 4 atom stereocenters. The van der Waals surface area contributed by atoms with Crippen LogP contribution in [0.1, 0.15) is 49.1 Å². The molecule has 0 radical (unpaired) electrons. The Morgan fingerprint density at radius 2 is 1.76 bits per heavy atom. The van der Waals surface area contributed by atoms with Crippen molar-refractivity contribution in [2.45, 2.75) is 55.6 Å². The number of esters is 1. The third-order valence-corrected chi connectivity index (χ3v) is 10.1. The first-order valence-electron chi connectivity index (χ1n) is 15.7. The number of carbonyl (C=O) groups is 2. The maximum atomic E-state index is 13.4. The van der Waals surface area contributed by atoms with Gasteiger partial charge in [-0.25, -0.2) is 8.42 Å². The Morgan fingerprint density at radius 3 is 2.57 bits per heavy atom. The van der Waals surface area contributed by atoms with E-state index >= 15 is 0 Å². The molecule has 3 aromatic carbocycles. The predicted octanol–water partition coefficient (Wildman–Crippen LogP) is 5.91. The lowest BCUT2D eigenvalue weighted by Crippen LogP contribution is -2.45. The van der Waals surface area contributed by atoms with E-state index in [4.69, 9.17) is 9.47 Å². The van der Waals surface area contributed by atoms with Crippen LogP contribution in [0.25, 0.3) is 0 Å². The van der Waals surface area contributed by atoms with Gasteiger partial charge < -0.3 is 19.9 Å². The second-order valence-corrected chi connectivity index (χ2v) is 13.8. The zero-order chi connectivity index (χ0) is 32.1. The molecule has 4 unspecified atom stereocenters. The highest BCUT2D eigenvalue weighted by atomic mass is 32.2. The first-order chi connectivity index (χ1) is 22.3. The van der Waals surface area contributed by atoms with E-state index < -0.39 is 33.9 Å². The van der Waals surface area contributed by atoms with Crippen LogP contribution in [0.5, 0.6) is 0 Å². The average molecular weight is 643 g/mol. The summed E-state index contributed by atoms with van der Waals surface area (Å²) in [5.41, 5.74) is 2.37. The summed E-state index contributed by atoms with van der Waals surface area (Å²) in [6.45, 7) is 0.0993. The van der Waals surface area contributed by atoms with Crippen LogP contribution in [0.2, 0.25) is 0 Å². The highest BCUT2D eigenvalue weighted by Gasteiger charge is 2.50. The van der Waals surface area contributed by atoms with Gasteiger partial charge in [-0.15, -0.1) is 0 Å². The Kier molecular flexibility index (Phi) is 9.67. The van der Waals surface area contributed by atoms with E-state index in [1.165, 1.54) is 12.1 Å². The average Bonchev–Trinajstić information content (AvgIpc) is 3.86. The van der Waals surface area contributed by atoms with Crippen molar-refractivity contribution in [3.8, 4) is 0 Å². The summed E-state index contributed by atoms with van der Waals surface area (Å²) >= 11 is 0. The molecule has 1 saturated carbocycles. The third-order valence-electron chi connectivity index (χ3n) is 8.73. The van der Waals surface area contributed by atoms with E-state index in [1.54, 1.807) is 36.4 Å². The Hall–Kier alpha value is -4.25. The van der Waals surface area contributed by atoms with E-state index in [-0.39, 0.29) is 35.9 Å². The lowest BCUT2D eigenvalue weighted by Gasteiger charge is -2.39. The fourth-order valence-electron chi connectivity index (χ4n) is 6.39. The van der Waals surface area contributed by atoms with Crippen molar-refractivity contribution < 1.29 is 32.6 Å². The monoisotopic (exact) mass is 642 g/mol. The zero-order valence-electron chi connectivity index (χ0n) is 25.4. The minimum Gasteiger partial charge on any atom is -0.430 e. The molecule has 46 heavy (non-hydrogen) atoms. The number of aliphatic hydroxyl groups is 1. The van der Waals surface area contributed by atoms with E-state index in [9.17, 15) is 23.1 Å². The molecule has 1 amide bonds. The summed E-state index contributed by atoms with van der Waals surface area (Å²) in [5.74, 6) is -1.47. The van der Waals surface area contributed by atoms with Crippen molar-refractivity contribution in [1.82, 2.24) is 0 Å². The van der Waals surface area contributed by atoms with Crippen LogP contribution in [0.15, 0.2) is 108 Å². The predicted molar refractivity (Wildman–Crippen MR) is 174 cm³/mol. The van der Waals surface area contributed by atoms with Crippen molar-refractivity contribution >= 4 is 33.3 Å². The van der Waals surface area contributed by atoms with Gasteiger partial charge in [-0.1, -0.05) is 60.7 Å². The minimum atomic E-state index is -4.03. The molecule has 1 aliphatic heterocycles. The van der Waals surface area contributed by atoms with Gasteiger partial charge in [0, 0.05) is 23.2 Å². The molecule has 0 aromatic heterocycles. The van der Waals surface area contributed by atoms with Crippen molar-refractivity contribution in [2.75, 3.05) is 16.6 Å². The Labute approximate surface area is 269 Å². The molecule has 0 spiro atoms. The van der Waals surface area contributed by atoms with Crippen LogP contribution in [0, 0.1) is 17.8 Å². The van der Waals surface area contributed by atoms with Crippen molar-refractivity contribution in [2.24, 2.45) is 17.8 Å². The number of allylic oxidation sites excluding steroid dienone is 3. The first-order valence-corrected chi connectivity index (χ1v) is 17.2. The number of hydrogen-bond acceptors (Lipinski definition) is 7. The molecule has 3 aromatic rings. The first kappa shape index (κ1) is 31.7. The molecule has 240 valence electrons. The summed E-state index contributed by atoms with van der Waals surface area (Å²) in [7, 11) is -4.03. The Balaban J connectivity index is 1.15. The van der Waals surface area contributed by atoms with Gasteiger partial charge in [0.15, 0.2) is 0 Å². The maximum Gasteiger partial charge on any atom is 0.317 e. The number of sulfonamides is 1. The number of rotatable bonds is 11. The van der Waals surface area contributed by atoms with Crippen LogP contribution in [0.4, 0.5) is 11.4 Å². The number of carbonyl (C=O) groups excluding carboxylic acids is 2. The van der Waals surface area contributed by atoms with Crippen molar-refractivity contribution in [3.63, 3.8) is 0 Å². The highest BCUT2D eigenvalue weighted by molar-refractivity contribution is 7.92. The highest BCUT2D eigenvalue weighted by Crippen LogP contribution is 2.51. The number of amides is 1. The van der Waals surface area contributed by atoms with E-state index in [1.807, 2.05) is 48.6 Å². The molecule has 2 aliphatic carbocycles. The fraction of sp³-hybridized carbons (Fsp3) is 0.333. The number of aliphatic hydroxyl groups excluding tert-OH is 1. The van der Waals surface area contributed by atoms with Crippen molar-refractivity contribution in [1.29, 1.82) is 0 Å². The van der Waals surface area contributed by atoms with Crippen LogP contribution in [-0.4, -0.2) is 38.1 Å². The van der Waals surface area contributed by atoms with E-state index in [0.717, 1.165) is 43.2 Å². The standard InChI is InChI=1S/C36H38N2O7S/c39-32(23-44-22-24-10-4-3-5-11-24)37-27-13-9-15-29(21-27)46(42,43)38-28-14-8-12-26(20-28)33(25-18-19-25)34-35(40)30-16-6-1-2-7-17-31(30)45-36(34)41/h2-5,7-15,17,20-21,25,30,33-35,38,40H,1,6,16,18-19,22-23H2,(H,37,39). The van der Waals surface area contributed by atoms with Crippen LogP contribution in [0.3, 0.4) is 0 Å². The molecule has 10 heteroatoms. The zero-order valence-corrected chi connectivity index (χ0v) is 26.2. The Morgan fingerprint density at radius 1 is 0.978 bits per heavy atom. The lowest BCUT2D eigenvalue weighted by atomic mass is 9.72. The second kappa shape index (κ2) is 14.0. The minimum absolute atomic E-state index is 0.0245. The summed E-state index contributed by atoms with van der Waals surface area (Å²) in [4.78, 5) is 25.8. The van der Waals surface area contributed by atoms with Crippen LogP contribution >= 0.6 is 0 Å². The van der Waals surface area contributed by atoms with Gasteiger partial charge in [0.2, 0.25) is 5.91 Å². The molecular formula is C36H38N2O7S. The van der Waals surface area contributed by atoms with Gasteiger partial charge in [0.25, 0.3) is 10.0 Å². The number of ether oxygens (including phenoxy) is 2. The molecular weight excluding hydrogens is 604 g/mol. The maximum absolute atomic E-state index is 13.4. The number of fused-ring (bicyclic) bond motifs is 1. The van der Waals surface area contributed by atoms with Gasteiger partial charge in [0.05, 0.1) is 23.5 Å². The molecule has 3 aliphatic rings. The van der Waals surface area contributed by atoms with Gasteiger partial charge in [-0.3, -0.25) is 14.3 Å². The molecule has 2 fully saturated rings. The summed E-state index contributed by atoms with van der Waals surface area (Å²) in [5, 5.41) is 14.2. The summed E-state index contributed by atoms with van der Waals surface area (Å²) in [6.07, 6.45) is 9.14. The van der Waals surface area contributed by atoms with Gasteiger partial charge >= 0.3 is 5.97 Å². The van der Waals surface area contributed by atoms with Gasteiger partial charge in [0.1, 0.15) is 12.4 Å². The largest absolute Gasteiger partial charge is 0.430 e. The molecule has 1 heterocycles. The third kappa shape index (κ3) is 7.58. The number of anilines is 2. The Bertz CT molecular complexity index is 1730.